The molecule has 3 N–H and O–H groups in total. The number of nitrogens with zero attached hydrogens (tertiary/aromatic N) is 1. The normalized spacial score (nSPS) is 18.3. The molecule has 1 aromatic heterocycles. The van der Waals surface area contributed by atoms with Crippen molar-refractivity contribution in [2.75, 3.05) is 13.1 Å². The van der Waals surface area contributed by atoms with Gasteiger partial charge in [0, 0.05) is 36.5 Å². The van der Waals surface area contributed by atoms with Crippen LogP contribution in [0.2, 0.25) is 0 Å². The summed E-state index contributed by atoms with van der Waals surface area (Å²) in [7, 11) is 0. The van der Waals surface area contributed by atoms with Crippen LogP contribution in [0.25, 0.3) is 11.0 Å². The summed E-state index contributed by atoms with van der Waals surface area (Å²) in [5.41, 5.74) is 1.57. The average molecular weight is 346 g/mol. The third-order valence-electron chi connectivity index (χ3n) is 4.33. The fourth-order valence-corrected chi connectivity index (χ4v) is 2.91. The van der Waals surface area contributed by atoms with Crippen LogP contribution in [0, 0.1) is 12.7 Å². The van der Waals surface area contributed by atoms with Crippen molar-refractivity contribution in [3.8, 4) is 0 Å². The van der Waals surface area contributed by atoms with Gasteiger partial charge in [-0.2, -0.15) is 0 Å². The largest absolute Gasteiger partial charge is 0.459 e. The topological polar surface area (TPSA) is 78.7 Å². The maximum atomic E-state index is 13.4. The number of carbonyl (C=O) groups is 1. The molecule has 6 nitrogen and oxygen atoms in total. The molecule has 1 aliphatic heterocycles. The summed E-state index contributed by atoms with van der Waals surface area (Å²) in [6, 6.07) is 4.66. The molecule has 0 aliphatic carbocycles. The Morgan fingerprint density at radius 1 is 1.48 bits per heavy atom. The number of piperidine rings is 1. The molecule has 0 saturated carbocycles. The molecule has 1 unspecified atom stereocenters. The van der Waals surface area contributed by atoms with E-state index in [2.05, 4.69) is 20.9 Å². The highest BCUT2D eigenvalue weighted by atomic mass is 19.1. The molecule has 0 spiro atoms. The number of fused-ring (bicyclic) bond motifs is 1. The molecule has 0 radical (unpaired) electrons. The molecule has 2 aromatic rings. The van der Waals surface area contributed by atoms with E-state index in [1.54, 1.807) is 6.07 Å². The maximum absolute atomic E-state index is 13.4. The van der Waals surface area contributed by atoms with Crippen molar-refractivity contribution in [1.82, 2.24) is 16.0 Å². The van der Waals surface area contributed by atoms with Crippen LogP contribution in [0.4, 0.5) is 4.39 Å². The predicted octanol–water partition coefficient (Wildman–Crippen LogP) is 2.21. The van der Waals surface area contributed by atoms with E-state index in [4.69, 9.17) is 4.42 Å². The molecular weight excluding hydrogens is 323 g/mol. The van der Waals surface area contributed by atoms with E-state index in [0.717, 1.165) is 29.7 Å². The minimum atomic E-state index is -0.277. The van der Waals surface area contributed by atoms with Gasteiger partial charge in [-0.1, -0.05) is 0 Å². The molecule has 25 heavy (non-hydrogen) atoms. The number of hydrogen-bond donors (Lipinski definition) is 3. The summed E-state index contributed by atoms with van der Waals surface area (Å²) >= 11 is 0. The van der Waals surface area contributed by atoms with Crippen LogP contribution in [0.1, 0.15) is 31.1 Å². The van der Waals surface area contributed by atoms with Crippen LogP contribution < -0.4 is 16.0 Å². The molecule has 1 atom stereocenters. The van der Waals surface area contributed by atoms with Gasteiger partial charge in [-0.3, -0.25) is 4.79 Å². The minimum absolute atomic E-state index is 0.0881. The molecule has 2 heterocycles. The second kappa shape index (κ2) is 7.55. The summed E-state index contributed by atoms with van der Waals surface area (Å²) in [6.07, 6.45) is 1.30. The van der Waals surface area contributed by atoms with Crippen LogP contribution in [-0.2, 0) is 11.3 Å². The number of rotatable bonds is 4. The molecule has 7 heteroatoms. The Morgan fingerprint density at radius 3 is 3.04 bits per heavy atom. The molecular formula is C18H23FN4O2. The van der Waals surface area contributed by atoms with E-state index in [1.165, 1.54) is 12.1 Å². The smallest absolute Gasteiger partial charge is 0.220 e. The highest BCUT2D eigenvalue weighted by Gasteiger charge is 2.19. The van der Waals surface area contributed by atoms with E-state index in [0.29, 0.717) is 31.1 Å². The summed E-state index contributed by atoms with van der Waals surface area (Å²) in [4.78, 5) is 15.8. The van der Waals surface area contributed by atoms with Crippen molar-refractivity contribution in [3.63, 3.8) is 0 Å². The SMILES string of the molecule is CCNC(=NCc1oc2ccc(F)cc2c1C)NC1CCC(=O)NC1. The van der Waals surface area contributed by atoms with Gasteiger partial charge in [-0.25, -0.2) is 9.38 Å². The average Bonchev–Trinajstić information content (AvgIpc) is 2.91. The van der Waals surface area contributed by atoms with E-state index in [1.807, 2.05) is 13.8 Å². The fraction of sp³-hybridized carbons (Fsp3) is 0.444. The number of guanidine groups is 1. The second-order valence-electron chi connectivity index (χ2n) is 6.17. The Morgan fingerprint density at radius 2 is 2.32 bits per heavy atom. The number of aliphatic imine (C=N–C) groups is 1. The molecule has 1 aromatic carbocycles. The van der Waals surface area contributed by atoms with Crippen molar-refractivity contribution in [3.05, 3.63) is 35.3 Å². The van der Waals surface area contributed by atoms with E-state index in [9.17, 15) is 9.18 Å². The lowest BCUT2D eigenvalue weighted by atomic mass is 10.1. The van der Waals surface area contributed by atoms with Crippen molar-refractivity contribution in [2.24, 2.45) is 4.99 Å². The first-order valence-corrected chi connectivity index (χ1v) is 8.56. The van der Waals surface area contributed by atoms with Gasteiger partial charge < -0.3 is 20.4 Å². The monoisotopic (exact) mass is 346 g/mol. The zero-order valence-corrected chi connectivity index (χ0v) is 14.5. The summed E-state index contributed by atoms with van der Waals surface area (Å²) in [5.74, 6) is 1.20. The maximum Gasteiger partial charge on any atom is 0.220 e. The zero-order chi connectivity index (χ0) is 17.8. The molecule has 3 rings (SSSR count). The number of benzene rings is 1. The first-order chi connectivity index (χ1) is 12.1. The number of furan rings is 1. The number of nitrogens with one attached hydrogen (secondary N) is 3. The molecule has 1 saturated heterocycles. The van der Waals surface area contributed by atoms with Crippen LogP contribution in [0.3, 0.4) is 0 Å². The quantitative estimate of drug-likeness (QED) is 0.586. The van der Waals surface area contributed by atoms with Crippen molar-refractivity contribution in [2.45, 2.75) is 39.3 Å². The lowest BCUT2D eigenvalue weighted by Crippen LogP contribution is -2.51. The van der Waals surface area contributed by atoms with Crippen molar-refractivity contribution < 1.29 is 13.6 Å². The highest BCUT2D eigenvalue weighted by Crippen LogP contribution is 2.26. The van der Waals surface area contributed by atoms with Crippen LogP contribution in [0.15, 0.2) is 27.6 Å². The Hall–Kier alpha value is -2.57. The molecule has 1 amide bonds. The summed E-state index contributed by atoms with van der Waals surface area (Å²) in [5, 5.41) is 10.2. The van der Waals surface area contributed by atoms with Crippen molar-refractivity contribution in [1.29, 1.82) is 0 Å². The second-order valence-corrected chi connectivity index (χ2v) is 6.17. The Kier molecular flexibility index (Phi) is 5.21. The lowest BCUT2D eigenvalue weighted by Gasteiger charge is -2.25. The van der Waals surface area contributed by atoms with Gasteiger partial charge in [0.05, 0.1) is 0 Å². The first-order valence-electron chi connectivity index (χ1n) is 8.56. The van der Waals surface area contributed by atoms with Gasteiger partial charge in [0.15, 0.2) is 5.96 Å². The molecule has 134 valence electrons. The summed E-state index contributed by atoms with van der Waals surface area (Å²) in [6.45, 7) is 5.58. The third kappa shape index (κ3) is 4.10. The first kappa shape index (κ1) is 17.3. The number of carbonyl (C=O) groups excluding carboxylic acids is 1. The minimum Gasteiger partial charge on any atom is -0.459 e. The van der Waals surface area contributed by atoms with Gasteiger partial charge in [-0.05, 0) is 38.5 Å². The Labute approximate surface area is 145 Å². The number of hydrogen-bond acceptors (Lipinski definition) is 3. The molecule has 0 bridgehead atoms. The number of aryl methyl sites for hydroxylation is 1. The lowest BCUT2D eigenvalue weighted by molar-refractivity contribution is -0.122. The van der Waals surface area contributed by atoms with Crippen molar-refractivity contribution >= 4 is 22.8 Å². The van der Waals surface area contributed by atoms with E-state index < -0.39 is 0 Å². The van der Waals surface area contributed by atoms with Gasteiger partial charge in [-0.15, -0.1) is 0 Å². The summed E-state index contributed by atoms with van der Waals surface area (Å²) < 4.78 is 19.2. The van der Waals surface area contributed by atoms with Crippen LogP contribution >= 0.6 is 0 Å². The number of amides is 1. The van der Waals surface area contributed by atoms with E-state index in [-0.39, 0.29) is 17.8 Å². The van der Waals surface area contributed by atoms with Crippen LogP contribution in [0.5, 0.6) is 0 Å². The van der Waals surface area contributed by atoms with Gasteiger partial charge in [0.2, 0.25) is 5.91 Å². The fourth-order valence-electron chi connectivity index (χ4n) is 2.91. The molecule has 1 aliphatic rings. The van der Waals surface area contributed by atoms with Crippen LogP contribution in [-0.4, -0.2) is 31.0 Å². The Balaban J connectivity index is 1.73. The Bertz CT molecular complexity index is 790. The zero-order valence-electron chi connectivity index (χ0n) is 14.5. The van der Waals surface area contributed by atoms with E-state index >= 15 is 0 Å². The predicted molar refractivity (Wildman–Crippen MR) is 94.9 cm³/mol. The standard InChI is InChI=1S/C18H23FN4O2/c1-3-20-18(23-13-5-7-17(24)21-9-13)22-10-16-11(2)14-8-12(19)4-6-15(14)25-16/h4,6,8,13H,3,5,7,9-10H2,1-2H3,(H,21,24)(H2,20,22,23). The molecule has 1 fully saturated rings. The third-order valence-corrected chi connectivity index (χ3v) is 4.33. The number of halogens is 1. The van der Waals surface area contributed by atoms with Gasteiger partial charge >= 0.3 is 0 Å². The highest BCUT2D eigenvalue weighted by molar-refractivity contribution is 5.83. The van der Waals surface area contributed by atoms with Gasteiger partial charge in [0.25, 0.3) is 0 Å². The van der Waals surface area contributed by atoms with Gasteiger partial charge in [0.1, 0.15) is 23.7 Å².